The number of carbonyl (C=O) groups excluding carboxylic acids is 2. The maximum absolute atomic E-state index is 11.2. The minimum absolute atomic E-state index is 0.0125. The van der Waals surface area contributed by atoms with Crippen LogP contribution >= 0.6 is 0 Å². The van der Waals surface area contributed by atoms with E-state index in [1.165, 1.54) is 6.92 Å². The van der Waals surface area contributed by atoms with E-state index in [2.05, 4.69) is 10.6 Å². The molecule has 5 nitrogen and oxygen atoms in total. The average molecular weight is 201 g/mol. The molecule has 0 rings (SSSR count). The zero-order valence-corrected chi connectivity index (χ0v) is 8.96. The SMILES string of the molecule is CC(=O)NCC(=O)NC(CN)C(C)C. The van der Waals surface area contributed by atoms with Gasteiger partial charge in [0.2, 0.25) is 11.8 Å². The third-order valence-corrected chi connectivity index (χ3v) is 1.90. The second-order valence-electron chi connectivity index (χ2n) is 3.56. The quantitative estimate of drug-likeness (QED) is 0.545. The Bertz CT molecular complexity index is 204. The smallest absolute Gasteiger partial charge is 0.239 e. The highest BCUT2D eigenvalue weighted by Gasteiger charge is 2.13. The fourth-order valence-corrected chi connectivity index (χ4v) is 0.960. The third-order valence-electron chi connectivity index (χ3n) is 1.90. The van der Waals surface area contributed by atoms with Crippen LogP contribution in [0.25, 0.3) is 0 Å². The van der Waals surface area contributed by atoms with Crippen LogP contribution in [0.15, 0.2) is 0 Å². The maximum atomic E-state index is 11.2. The van der Waals surface area contributed by atoms with Crippen LogP contribution in [0.1, 0.15) is 20.8 Å². The van der Waals surface area contributed by atoms with E-state index >= 15 is 0 Å². The predicted octanol–water partition coefficient (Wildman–Crippen LogP) is -0.778. The lowest BCUT2D eigenvalue weighted by Gasteiger charge is -2.20. The topological polar surface area (TPSA) is 84.2 Å². The number of hydrogen-bond acceptors (Lipinski definition) is 3. The Morgan fingerprint density at radius 1 is 1.36 bits per heavy atom. The van der Waals surface area contributed by atoms with Crippen LogP contribution in [0, 0.1) is 5.92 Å². The van der Waals surface area contributed by atoms with Crippen LogP contribution < -0.4 is 16.4 Å². The molecule has 0 heterocycles. The molecule has 0 aliphatic rings. The number of hydrogen-bond donors (Lipinski definition) is 3. The molecule has 82 valence electrons. The Morgan fingerprint density at radius 3 is 2.29 bits per heavy atom. The van der Waals surface area contributed by atoms with E-state index in [4.69, 9.17) is 5.73 Å². The van der Waals surface area contributed by atoms with Crippen molar-refractivity contribution < 1.29 is 9.59 Å². The molecular weight excluding hydrogens is 182 g/mol. The molecule has 1 unspecified atom stereocenters. The van der Waals surface area contributed by atoms with Gasteiger partial charge in [-0.1, -0.05) is 13.8 Å². The van der Waals surface area contributed by atoms with Gasteiger partial charge in [0.25, 0.3) is 0 Å². The van der Waals surface area contributed by atoms with Crippen LogP contribution in [0.4, 0.5) is 0 Å². The van der Waals surface area contributed by atoms with Gasteiger partial charge >= 0.3 is 0 Å². The Hall–Kier alpha value is -1.10. The van der Waals surface area contributed by atoms with Gasteiger partial charge in [-0.3, -0.25) is 9.59 Å². The summed E-state index contributed by atoms with van der Waals surface area (Å²) in [5, 5.41) is 5.16. The van der Waals surface area contributed by atoms with Crippen molar-refractivity contribution in [2.75, 3.05) is 13.1 Å². The van der Waals surface area contributed by atoms with E-state index in [-0.39, 0.29) is 24.4 Å². The van der Waals surface area contributed by atoms with Crippen molar-refractivity contribution in [1.29, 1.82) is 0 Å². The molecular formula is C9H19N3O2. The Kier molecular flexibility index (Phi) is 5.87. The zero-order chi connectivity index (χ0) is 11.1. The first-order valence-electron chi connectivity index (χ1n) is 4.71. The second kappa shape index (κ2) is 6.37. The van der Waals surface area contributed by atoms with Crippen molar-refractivity contribution in [3.63, 3.8) is 0 Å². The van der Waals surface area contributed by atoms with Crippen molar-refractivity contribution >= 4 is 11.8 Å². The molecule has 0 saturated carbocycles. The molecule has 0 aromatic heterocycles. The predicted molar refractivity (Wildman–Crippen MR) is 54.5 cm³/mol. The molecule has 0 aliphatic heterocycles. The van der Waals surface area contributed by atoms with Crippen LogP contribution in [-0.2, 0) is 9.59 Å². The van der Waals surface area contributed by atoms with Crippen LogP contribution in [0.3, 0.4) is 0 Å². The summed E-state index contributed by atoms with van der Waals surface area (Å²) in [5.41, 5.74) is 5.48. The number of carbonyl (C=O) groups is 2. The van der Waals surface area contributed by atoms with E-state index in [9.17, 15) is 9.59 Å². The molecule has 0 aromatic carbocycles. The van der Waals surface area contributed by atoms with Crippen molar-refractivity contribution in [2.24, 2.45) is 11.7 Å². The second-order valence-corrected chi connectivity index (χ2v) is 3.56. The van der Waals surface area contributed by atoms with Crippen molar-refractivity contribution in [3.05, 3.63) is 0 Å². The molecule has 1 atom stereocenters. The molecule has 5 heteroatoms. The molecule has 0 aromatic rings. The van der Waals surface area contributed by atoms with E-state index < -0.39 is 0 Å². The van der Waals surface area contributed by atoms with Gasteiger partial charge in [0, 0.05) is 19.5 Å². The van der Waals surface area contributed by atoms with E-state index in [1.807, 2.05) is 13.8 Å². The largest absolute Gasteiger partial charge is 0.350 e. The molecule has 0 aliphatic carbocycles. The lowest BCUT2D eigenvalue weighted by molar-refractivity contribution is -0.125. The van der Waals surface area contributed by atoms with Crippen LogP contribution in [0.5, 0.6) is 0 Å². The normalized spacial score (nSPS) is 12.4. The van der Waals surface area contributed by atoms with Gasteiger partial charge in [0.05, 0.1) is 6.54 Å². The summed E-state index contributed by atoms with van der Waals surface area (Å²) >= 11 is 0. The highest BCUT2D eigenvalue weighted by molar-refractivity contribution is 5.83. The minimum atomic E-state index is -0.214. The maximum Gasteiger partial charge on any atom is 0.239 e. The average Bonchev–Trinajstić information content (AvgIpc) is 2.10. The molecule has 4 N–H and O–H groups in total. The molecule has 14 heavy (non-hydrogen) atoms. The standard InChI is InChI=1S/C9H19N3O2/c1-6(2)8(4-10)12-9(14)5-11-7(3)13/h6,8H,4-5,10H2,1-3H3,(H,11,13)(H,12,14). The van der Waals surface area contributed by atoms with Gasteiger partial charge < -0.3 is 16.4 Å². The molecule has 0 saturated heterocycles. The monoisotopic (exact) mass is 201 g/mol. The number of nitrogens with two attached hydrogens (primary N) is 1. The van der Waals surface area contributed by atoms with E-state index in [1.54, 1.807) is 0 Å². The highest BCUT2D eigenvalue weighted by atomic mass is 16.2. The van der Waals surface area contributed by atoms with Gasteiger partial charge in [-0.2, -0.15) is 0 Å². The molecule has 0 radical (unpaired) electrons. The van der Waals surface area contributed by atoms with Gasteiger partial charge in [-0.15, -0.1) is 0 Å². The summed E-state index contributed by atoms with van der Waals surface area (Å²) in [6.45, 7) is 5.75. The summed E-state index contributed by atoms with van der Waals surface area (Å²) in [4.78, 5) is 21.8. The van der Waals surface area contributed by atoms with Gasteiger partial charge in [0.1, 0.15) is 0 Å². The van der Waals surface area contributed by atoms with Gasteiger partial charge in [-0.25, -0.2) is 0 Å². The lowest BCUT2D eigenvalue weighted by atomic mass is 10.1. The summed E-state index contributed by atoms with van der Waals surface area (Å²) in [5.74, 6) is -0.125. The fourth-order valence-electron chi connectivity index (χ4n) is 0.960. The Balaban J connectivity index is 3.85. The Morgan fingerprint density at radius 2 is 1.93 bits per heavy atom. The van der Waals surface area contributed by atoms with E-state index in [0.29, 0.717) is 12.5 Å². The van der Waals surface area contributed by atoms with Crippen LogP contribution in [0.2, 0.25) is 0 Å². The summed E-state index contributed by atoms with van der Waals surface area (Å²) < 4.78 is 0. The van der Waals surface area contributed by atoms with Gasteiger partial charge in [-0.05, 0) is 5.92 Å². The first-order chi connectivity index (χ1) is 6.47. The van der Waals surface area contributed by atoms with Crippen molar-refractivity contribution in [2.45, 2.75) is 26.8 Å². The third kappa shape index (κ3) is 5.53. The minimum Gasteiger partial charge on any atom is -0.350 e. The zero-order valence-electron chi connectivity index (χ0n) is 8.96. The number of nitrogens with one attached hydrogen (secondary N) is 2. The first-order valence-corrected chi connectivity index (χ1v) is 4.71. The van der Waals surface area contributed by atoms with Gasteiger partial charge in [0.15, 0.2) is 0 Å². The lowest BCUT2D eigenvalue weighted by Crippen LogP contribution is -2.47. The van der Waals surface area contributed by atoms with Crippen molar-refractivity contribution in [3.8, 4) is 0 Å². The Labute approximate surface area is 84.4 Å². The number of amides is 2. The fraction of sp³-hybridized carbons (Fsp3) is 0.778. The van der Waals surface area contributed by atoms with Crippen molar-refractivity contribution in [1.82, 2.24) is 10.6 Å². The summed E-state index contributed by atoms with van der Waals surface area (Å²) in [6.07, 6.45) is 0. The molecule has 0 spiro atoms. The molecule has 0 fully saturated rings. The highest BCUT2D eigenvalue weighted by Crippen LogP contribution is 1.98. The first kappa shape index (κ1) is 12.9. The molecule has 0 bridgehead atoms. The summed E-state index contributed by atoms with van der Waals surface area (Å²) in [6, 6.07) is -0.0312. The summed E-state index contributed by atoms with van der Waals surface area (Å²) in [7, 11) is 0. The number of rotatable bonds is 5. The van der Waals surface area contributed by atoms with Crippen LogP contribution in [-0.4, -0.2) is 30.9 Å². The van der Waals surface area contributed by atoms with E-state index in [0.717, 1.165) is 0 Å². The molecule has 2 amide bonds.